The van der Waals surface area contributed by atoms with Crippen molar-refractivity contribution in [2.24, 2.45) is 0 Å². The van der Waals surface area contributed by atoms with Crippen LogP contribution in [0.4, 0.5) is 41.4 Å². The summed E-state index contributed by atoms with van der Waals surface area (Å²) in [7, 11) is 13.3. The van der Waals surface area contributed by atoms with Crippen LogP contribution >= 0.6 is 57.7 Å². The first-order chi connectivity index (χ1) is 29.8. The van der Waals surface area contributed by atoms with Crippen LogP contribution in [0.2, 0.25) is 20.1 Å². The van der Waals surface area contributed by atoms with Crippen LogP contribution in [0.5, 0.6) is 5.75 Å². The molecule has 0 aliphatic carbocycles. The third kappa shape index (κ3) is 16.7. The second kappa shape index (κ2) is 25.2. The Labute approximate surface area is 391 Å². The minimum atomic E-state index is -0.272. The fourth-order valence-corrected chi connectivity index (χ4v) is 6.05. The Bertz CT molecular complexity index is 2340. The van der Waals surface area contributed by atoms with E-state index in [1.807, 2.05) is 61.5 Å². The number of aromatic nitrogens is 1. The Hall–Kier alpha value is -5.97. The first-order valence-electron chi connectivity index (χ1n) is 18.8. The van der Waals surface area contributed by atoms with Crippen molar-refractivity contribution in [2.75, 3.05) is 77.0 Å². The molecular weight excluding hydrogens is 908 g/mol. The molecule has 0 spiro atoms. The fourth-order valence-electron chi connectivity index (χ4n) is 4.52. The zero-order chi connectivity index (χ0) is 46.8. The molecule has 0 aliphatic rings. The summed E-state index contributed by atoms with van der Waals surface area (Å²) >= 11 is 24.8. The molecule has 63 heavy (non-hydrogen) atoms. The number of benzene rings is 5. The number of carbonyl (C=O) groups excluding carboxylic acids is 4. The van der Waals surface area contributed by atoms with Gasteiger partial charge in [0.25, 0.3) is 0 Å². The predicted molar refractivity (Wildman–Crippen MR) is 261 cm³/mol. The van der Waals surface area contributed by atoms with Gasteiger partial charge in [-0.25, -0.2) is 24.2 Å². The number of aryl methyl sites for hydroxylation is 1. The SMILES string of the molecule is CN(C)C(=O)N(Oc1ccc(Cl)cc1)c1ccccc1.CN(C)C(=O)Nc1ccc(Cl)c(Cl)c1.CNC(=O)N(C)c1nc2ccccc2s1.Cc1ccc(NC(=O)N(C)C)cc1Cl. The van der Waals surface area contributed by atoms with Crippen molar-refractivity contribution in [3.63, 3.8) is 0 Å². The van der Waals surface area contributed by atoms with Gasteiger partial charge in [-0.1, -0.05) is 94.1 Å². The summed E-state index contributed by atoms with van der Waals surface area (Å²) < 4.78 is 1.09. The second-order valence-corrected chi connectivity index (χ2v) is 16.3. The number of hydrogen-bond acceptors (Lipinski definition) is 7. The molecule has 0 fully saturated rings. The smallest absolute Gasteiger partial charge is 0.357 e. The number of hydrogen-bond donors (Lipinski definition) is 3. The van der Waals surface area contributed by atoms with Gasteiger partial charge in [-0.3, -0.25) is 4.90 Å². The summed E-state index contributed by atoms with van der Waals surface area (Å²) in [6, 6.07) is 33.4. The van der Waals surface area contributed by atoms with Crippen LogP contribution in [0.15, 0.2) is 115 Å². The summed E-state index contributed by atoms with van der Waals surface area (Å²) in [5, 5.41) is 12.0. The maximum absolute atomic E-state index is 12.2. The van der Waals surface area contributed by atoms with Gasteiger partial charge in [-0.15, -0.1) is 5.06 Å². The van der Waals surface area contributed by atoms with Gasteiger partial charge < -0.3 is 35.5 Å². The molecule has 8 amide bonds. The van der Waals surface area contributed by atoms with Crippen LogP contribution in [0.25, 0.3) is 10.2 Å². The Morgan fingerprint density at radius 1 is 0.603 bits per heavy atom. The summed E-state index contributed by atoms with van der Waals surface area (Å²) in [6.07, 6.45) is 0. The number of fused-ring (bicyclic) bond motifs is 1. The van der Waals surface area contributed by atoms with Gasteiger partial charge in [-0.05, 0) is 91.3 Å². The van der Waals surface area contributed by atoms with Gasteiger partial charge in [0.1, 0.15) is 0 Å². The number of halogens is 4. The summed E-state index contributed by atoms with van der Waals surface area (Å²) in [4.78, 5) is 62.0. The summed E-state index contributed by atoms with van der Waals surface area (Å²) in [6.45, 7) is 1.92. The quantitative estimate of drug-likeness (QED) is 0.142. The second-order valence-electron chi connectivity index (χ2n) is 13.7. The predicted octanol–water partition coefficient (Wildman–Crippen LogP) is 11.7. The van der Waals surface area contributed by atoms with Crippen molar-refractivity contribution in [3.8, 4) is 5.75 Å². The zero-order valence-corrected chi connectivity index (χ0v) is 40.0. The first-order valence-corrected chi connectivity index (χ1v) is 21.1. The van der Waals surface area contributed by atoms with Crippen molar-refractivity contribution in [1.82, 2.24) is 25.0 Å². The Morgan fingerprint density at radius 2 is 1.14 bits per heavy atom. The fraction of sp³-hybridized carbons (Fsp3) is 0.205. The summed E-state index contributed by atoms with van der Waals surface area (Å²) in [5.41, 5.74) is 3.90. The molecule has 0 saturated heterocycles. The first kappa shape index (κ1) is 51.4. The van der Waals surface area contributed by atoms with Gasteiger partial charge in [0.15, 0.2) is 10.9 Å². The van der Waals surface area contributed by atoms with Crippen LogP contribution in [0.3, 0.4) is 0 Å². The summed E-state index contributed by atoms with van der Waals surface area (Å²) in [5.74, 6) is 0.536. The number of anilines is 4. The Balaban J connectivity index is 0.000000226. The standard InChI is InChI=1S/C15H15ClN2O2.C10H13ClN2O.C10H11N3OS.C9H10Cl2N2O/c1-17(2)15(19)18(13-6-4-3-5-7-13)20-14-10-8-12(16)9-11-14;1-7-4-5-8(6-9(7)11)12-10(14)13(2)3;1-11-9(14)13(2)10-12-7-5-3-4-6-8(7)15-10;1-13(2)9(14)12-6-3-4-7(10)8(11)5-6/h3-11H,1-2H3;4-6H,1-3H3,(H,12,14);3-6H,1-2H3,(H,11,14);3-5H,1-2H3,(H,12,14). The highest BCUT2D eigenvalue weighted by Crippen LogP contribution is 2.28. The molecule has 0 radical (unpaired) electrons. The monoisotopic (exact) mass is 955 g/mol. The van der Waals surface area contributed by atoms with Crippen molar-refractivity contribution in [3.05, 3.63) is 141 Å². The molecule has 6 rings (SSSR count). The van der Waals surface area contributed by atoms with Crippen LogP contribution in [0.1, 0.15) is 5.56 Å². The molecule has 1 aromatic heterocycles. The van der Waals surface area contributed by atoms with Gasteiger partial charge >= 0.3 is 24.1 Å². The van der Waals surface area contributed by atoms with E-state index in [2.05, 4.69) is 20.9 Å². The average Bonchev–Trinajstić information content (AvgIpc) is 3.71. The number of hydroxylamine groups is 1. The molecular formula is C44H49Cl4N9O5S. The van der Waals surface area contributed by atoms with Crippen LogP contribution in [0, 0.1) is 6.92 Å². The largest absolute Gasteiger partial charge is 0.370 e. The number of rotatable bonds is 6. The van der Waals surface area contributed by atoms with Gasteiger partial charge in [-0.2, -0.15) is 0 Å². The molecule has 0 aliphatic heterocycles. The van der Waals surface area contributed by atoms with Gasteiger partial charge in [0.2, 0.25) is 0 Å². The lowest BCUT2D eigenvalue weighted by molar-refractivity contribution is 0.190. The van der Waals surface area contributed by atoms with Crippen LogP contribution < -0.4 is 30.8 Å². The molecule has 19 heteroatoms. The molecule has 1 heterocycles. The van der Waals surface area contributed by atoms with E-state index >= 15 is 0 Å². The molecule has 14 nitrogen and oxygen atoms in total. The molecule has 0 bridgehead atoms. The minimum absolute atomic E-state index is 0.158. The van der Waals surface area contributed by atoms with Gasteiger partial charge in [0, 0.05) is 77.8 Å². The molecule has 3 N–H and O–H groups in total. The van der Waals surface area contributed by atoms with Crippen molar-refractivity contribution in [1.29, 1.82) is 0 Å². The van der Waals surface area contributed by atoms with E-state index in [1.165, 1.54) is 36.0 Å². The molecule has 0 saturated carbocycles. The normalized spacial score (nSPS) is 9.92. The lowest BCUT2D eigenvalue weighted by atomic mass is 10.2. The van der Waals surface area contributed by atoms with Crippen molar-refractivity contribution < 1.29 is 24.0 Å². The maximum atomic E-state index is 12.2. The molecule has 6 aromatic rings. The number of thiazole rings is 1. The molecule has 0 atom stereocenters. The van der Waals surface area contributed by atoms with Crippen molar-refractivity contribution >= 4 is 114 Å². The number of para-hydroxylation sites is 2. The lowest BCUT2D eigenvalue weighted by Gasteiger charge is -2.25. The number of urea groups is 4. The van der Waals surface area contributed by atoms with E-state index in [9.17, 15) is 19.2 Å². The van der Waals surface area contributed by atoms with E-state index in [1.54, 1.807) is 117 Å². The third-order valence-electron chi connectivity index (χ3n) is 8.05. The maximum Gasteiger partial charge on any atom is 0.357 e. The van der Waals surface area contributed by atoms with E-state index in [4.69, 9.17) is 51.2 Å². The number of amides is 8. The molecule has 0 unspecified atom stereocenters. The van der Waals surface area contributed by atoms with E-state index in [0.29, 0.717) is 48.0 Å². The molecule has 5 aromatic carbocycles. The zero-order valence-electron chi connectivity index (χ0n) is 36.1. The highest BCUT2D eigenvalue weighted by Gasteiger charge is 2.20. The third-order valence-corrected chi connectivity index (χ3v) is 10.6. The topological polar surface area (TPSA) is 143 Å². The van der Waals surface area contributed by atoms with E-state index in [-0.39, 0.29) is 24.1 Å². The number of nitrogens with one attached hydrogen (secondary N) is 3. The minimum Gasteiger partial charge on any atom is -0.370 e. The number of carbonyl (C=O) groups is 4. The highest BCUT2D eigenvalue weighted by molar-refractivity contribution is 7.22. The lowest BCUT2D eigenvalue weighted by Crippen LogP contribution is -2.41. The van der Waals surface area contributed by atoms with E-state index < -0.39 is 0 Å². The van der Waals surface area contributed by atoms with Crippen LogP contribution in [-0.2, 0) is 0 Å². The van der Waals surface area contributed by atoms with Crippen molar-refractivity contribution in [2.45, 2.75) is 6.92 Å². The van der Waals surface area contributed by atoms with Crippen LogP contribution in [-0.4, -0.2) is 100 Å². The Kier molecular flexibility index (Phi) is 20.6. The average molecular weight is 958 g/mol. The molecule has 334 valence electrons. The van der Waals surface area contributed by atoms with E-state index in [0.717, 1.165) is 15.8 Å². The Morgan fingerprint density at radius 3 is 1.65 bits per heavy atom. The highest BCUT2D eigenvalue weighted by atomic mass is 35.5. The number of nitrogens with zero attached hydrogens (tertiary/aromatic N) is 6. The van der Waals surface area contributed by atoms with Gasteiger partial charge in [0.05, 0.1) is 25.9 Å².